The van der Waals surface area contributed by atoms with Crippen molar-refractivity contribution in [2.75, 3.05) is 0 Å². The van der Waals surface area contributed by atoms with Crippen LogP contribution in [0.3, 0.4) is 0 Å². The predicted molar refractivity (Wildman–Crippen MR) is 103 cm³/mol. The molecule has 140 valence electrons. The summed E-state index contributed by atoms with van der Waals surface area (Å²) in [5, 5.41) is 8.06. The van der Waals surface area contributed by atoms with Gasteiger partial charge < -0.3 is 10.1 Å². The minimum atomic E-state index is -3.80. The monoisotopic (exact) mass is 440 g/mol. The van der Waals surface area contributed by atoms with Gasteiger partial charge in [-0.05, 0) is 55.3 Å². The van der Waals surface area contributed by atoms with Gasteiger partial charge in [0.25, 0.3) is 5.91 Å². The van der Waals surface area contributed by atoms with Crippen LogP contribution in [0.4, 0.5) is 0 Å². The highest BCUT2D eigenvalue weighted by molar-refractivity contribution is 9.10. The second-order valence-electron chi connectivity index (χ2n) is 5.80. The molecule has 0 saturated carbocycles. The highest BCUT2D eigenvalue weighted by Gasteiger charge is 2.20. The molecule has 0 saturated heterocycles. The quantitative estimate of drug-likeness (QED) is 0.690. The predicted octanol–water partition coefficient (Wildman–Crippen LogP) is 3.13. The van der Waals surface area contributed by atoms with Crippen LogP contribution in [0.1, 0.15) is 31.9 Å². The Morgan fingerprint density at radius 2 is 1.88 bits per heavy atom. The van der Waals surface area contributed by atoms with Crippen molar-refractivity contribution in [2.24, 2.45) is 5.14 Å². The number of amides is 1. The van der Waals surface area contributed by atoms with E-state index in [0.29, 0.717) is 17.7 Å². The lowest BCUT2D eigenvalue weighted by molar-refractivity contribution is -0.128. The lowest BCUT2D eigenvalue weighted by Crippen LogP contribution is -2.38. The number of halogens is 1. The minimum Gasteiger partial charge on any atom is -0.481 e. The number of nitrogens with one attached hydrogen (secondary N) is 1. The molecule has 0 spiro atoms. The first-order valence-corrected chi connectivity index (χ1v) is 10.4. The third-order valence-corrected chi connectivity index (χ3v) is 5.25. The smallest absolute Gasteiger partial charge is 0.261 e. The second kappa shape index (κ2) is 8.66. The van der Waals surface area contributed by atoms with Crippen molar-refractivity contribution in [2.45, 2.75) is 37.3 Å². The summed E-state index contributed by atoms with van der Waals surface area (Å²) in [6, 6.07) is 13.1. The molecule has 0 aromatic heterocycles. The SMILES string of the molecule is CCC(NC(=O)[C@H](C)Oc1ccc(Br)cc1)c1cccc(S(N)(=O)=O)c1. The highest BCUT2D eigenvalue weighted by Crippen LogP contribution is 2.21. The van der Waals surface area contributed by atoms with Crippen molar-refractivity contribution in [3.63, 3.8) is 0 Å². The van der Waals surface area contributed by atoms with Crippen LogP contribution in [0.25, 0.3) is 0 Å². The average Bonchev–Trinajstić information content (AvgIpc) is 2.60. The molecule has 1 unspecified atom stereocenters. The Morgan fingerprint density at radius 1 is 1.23 bits per heavy atom. The molecule has 0 aliphatic carbocycles. The Bertz CT molecular complexity index is 869. The summed E-state index contributed by atoms with van der Waals surface area (Å²) in [7, 11) is -3.80. The Kier molecular flexibility index (Phi) is 6.80. The summed E-state index contributed by atoms with van der Waals surface area (Å²) in [6.45, 7) is 3.56. The number of rotatable bonds is 7. The van der Waals surface area contributed by atoms with Gasteiger partial charge in [0.15, 0.2) is 6.10 Å². The summed E-state index contributed by atoms with van der Waals surface area (Å²) in [6.07, 6.45) is -0.114. The molecular weight excluding hydrogens is 420 g/mol. The van der Waals surface area contributed by atoms with Crippen LogP contribution in [0.2, 0.25) is 0 Å². The van der Waals surface area contributed by atoms with E-state index in [2.05, 4.69) is 21.2 Å². The Morgan fingerprint density at radius 3 is 2.46 bits per heavy atom. The van der Waals surface area contributed by atoms with Gasteiger partial charge >= 0.3 is 0 Å². The summed E-state index contributed by atoms with van der Waals surface area (Å²) < 4.78 is 29.6. The molecule has 2 atom stereocenters. The van der Waals surface area contributed by atoms with Gasteiger partial charge in [0.1, 0.15) is 5.75 Å². The number of ether oxygens (including phenoxy) is 1. The third kappa shape index (κ3) is 5.55. The molecule has 1 amide bonds. The molecule has 0 heterocycles. The summed E-state index contributed by atoms with van der Waals surface area (Å²) in [4.78, 5) is 12.5. The number of benzene rings is 2. The molecule has 0 radical (unpaired) electrons. The number of carbonyl (C=O) groups is 1. The Balaban J connectivity index is 2.09. The van der Waals surface area contributed by atoms with Crippen LogP contribution in [0.5, 0.6) is 5.75 Å². The zero-order valence-electron chi connectivity index (χ0n) is 14.5. The maximum atomic E-state index is 12.5. The third-order valence-electron chi connectivity index (χ3n) is 3.81. The van der Waals surface area contributed by atoms with Crippen LogP contribution in [0, 0.1) is 0 Å². The number of hydrogen-bond acceptors (Lipinski definition) is 4. The van der Waals surface area contributed by atoms with Crippen LogP contribution in [-0.4, -0.2) is 20.4 Å². The normalized spacial score (nSPS) is 13.7. The topological polar surface area (TPSA) is 98.5 Å². The zero-order valence-corrected chi connectivity index (χ0v) is 16.9. The Hall–Kier alpha value is -1.90. The van der Waals surface area contributed by atoms with Crippen molar-refractivity contribution < 1.29 is 17.9 Å². The fourth-order valence-electron chi connectivity index (χ4n) is 2.39. The van der Waals surface area contributed by atoms with Gasteiger partial charge in [-0.25, -0.2) is 13.6 Å². The van der Waals surface area contributed by atoms with E-state index in [9.17, 15) is 13.2 Å². The van der Waals surface area contributed by atoms with E-state index in [1.165, 1.54) is 12.1 Å². The minimum absolute atomic E-state index is 0.0156. The van der Waals surface area contributed by atoms with Crippen molar-refractivity contribution in [1.29, 1.82) is 0 Å². The van der Waals surface area contributed by atoms with E-state index in [0.717, 1.165) is 4.47 Å². The first-order chi connectivity index (χ1) is 12.2. The van der Waals surface area contributed by atoms with Gasteiger partial charge in [-0.15, -0.1) is 0 Å². The summed E-state index contributed by atoms with van der Waals surface area (Å²) in [5.74, 6) is 0.292. The van der Waals surface area contributed by atoms with Crippen molar-refractivity contribution in [1.82, 2.24) is 5.32 Å². The number of carbonyl (C=O) groups excluding carboxylic acids is 1. The average molecular weight is 441 g/mol. The zero-order chi connectivity index (χ0) is 19.3. The molecule has 2 aromatic rings. The first-order valence-electron chi connectivity index (χ1n) is 8.06. The summed E-state index contributed by atoms with van der Waals surface area (Å²) >= 11 is 3.34. The van der Waals surface area contributed by atoms with E-state index in [4.69, 9.17) is 9.88 Å². The van der Waals surface area contributed by atoms with Crippen molar-refractivity contribution >= 4 is 31.9 Å². The molecular formula is C18H21BrN2O4S. The standard InChI is InChI=1S/C18H21BrN2O4S/c1-3-17(13-5-4-6-16(11-13)26(20,23)24)21-18(22)12(2)25-15-9-7-14(19)8-10-15/h4-12,17H,3H2,1-2H3,(H,21,22)(H2,20,23,24)/t12-,17?/m0/s1. The fourth-order valence-corrected chi connectivity index (χ4v) is 3.22. The number of primary sulfonamides is 1. The number of hydrogen-bond donors (Lipinski definition) is 2. The van der Waals surface area contributed by atoms with E-state index >= 15 is 0 Å². The Labute approximate surface area is 161 Å². The maximum absolute atomic E-state index is 12.5. The molecule has 2 rings (SSSR count). The molecule has 0 aliphatic heterocycles. The fraction of sp³-hybridized carbons (Fsp3) is 0.278. The highest BCUT2D eigenvalue weighted by atomic mass is 79.9. The van der Waals surface area contributed by atoms with Gasteiger partial charge in [0, 0.05) is 4.47 Å². The van der Waals surface area contributed by atoms with Crippen molar-refractivity contribution in [3.05, 3.63) is 58.6 Å². The molecule has 0 aliphatic rings. The van der Waals surface area contributed by atoms with E-state index in [1.807, 2.05) is 19.1 Å². The van der Waals surface area contributed by atoms with Crippen molar-refractivity contribution in [3.8, 4) is 5.75 Å². The molecule has 6 nitrogen and oxygen atoms in total. The van der Waals surface area contributed by atoms with Crippen LogP contribution in [-0.2, 0) is 14.8 Å². The lowest BCUT2D eigenvalue weighted by atomic mass is 10.0. The number of sulfonamides is 1. The molecule has 0 bridgehead atoms. The van der Waals surface area contributed by atoms with E-state index in [-0.39, 0.29) is 16.8 Å². The number of nitrogens with two attached hydrogens (primary N) is 1. The molecule has 26 heavy (non-hydrogen) atoms. The van der Waals surface area contributed by atoms with Gasteiger partial charge in [-0.2, -0.15) is 0 Å². The van der Waals surface area contributed by atoms with Gasteiger partial charge in [-0.1, -0.05) is 35.0 Å². The van der Waals surface area contributed by atoms with Crippen LogP contribution >= 0.6 is 15.9 Å². The van der Waals surface area contributed by atoms with Gasteiger partial charge in [0.2, 0.25) is 10.0 Å². The van der Waals surface area contributed by atoms with Gasteiger partial charge in [-0.3, -0.25) is 4.79 Å². The maximum Gasteiger partial charge on any atom is 0.261 e. The largest absolute Gasteiger partial charge is 0.481 e. The first kappa shape index (κ1) is 20.4. The lowest BCUT2D eigenvalue weighted by Gasteiger charge is -2.21. The van der Waals surface area contributed by atoms with Crippen LogP contribution < -0.4 is 15.2 Å². The molecule has 2 aromatic carbocycles. The molecule has 0 fully saturated rings. The summed E-state index contributed by atoms with van der Waals surface area (Å²) in [5.41, 5.74) is 0.670. The van der Waals surface area contributed by atoms with Crippen LogP contribution in [0.15, 0.2) is 57.9 Å². The van der Waals surface area contributed by atoms with Gasteiger partial charge in [0.05, 0.1) is 10.9 Å². The van der Waals surface area contributed by atoms with E-state index < -0.39 is 16.1 Å². The second-order valence-corrected chi connectivity index (χ2v) is 8.28. The molecule has 8 heteroatoms. The van der Waals surface area contributed by atoms with E-state index in [1.54, 1.807) is 31.2 Å². The molecule has 3 N–H and O–H groups in total.